The molecule has 3 amide bonds. The predicted octanol–water partition coefficient (Wildman–Crippen LogP) is 0.000900. The molecule has 0 aliphatic heterocycles. The lowest BCUT2D eigenvalue weighted by Crippen LogP contribution is -2.51. The molecule has 7 nitrogen and oxygen atoms in total. The van der Waals surface area contributed by atoms with Crippen molar-refractivity contribution in [2.45, 2.75) is 39.3 Å². The van der Waals surface area contributed by atoms with Crippen molar-refractivity contribution < 1.29 is 19.5 Å². The van der Waals surface area contributed by atoms with Gasteiger partial charge in [0.1, 0.15) is 6.04 Å². The highest BCUT2D eigenvalue weighted by atomic mass is 16.4. The van der Waals surface area contributed by atoms with E-state index in [1.54, 1.807) is 7.05 Å². The minimum absolute atomic E-state index is 0.0481. The van der Waals surface area contributed by atoms with E-state index in [0.717, 1.165) is 0 Å². The van der Waals surface area contributed by atoms with Crippen molar-refractivity contribution in [1.82, 2.24) is 10.2 Å². The fourth-order valence-electron chi connectivity index (χ4n) is 1.28. The Morgan fingerprint density at radius 1 is 1.28 bits per heavy atom. The molecule has 0 aromatic carbocycles. The molecule has 0 rings (SSSR count). The first-order valence-electron chi connectivity index (χ1n) is 5.71. The lowest BCUT2D eigenvalue weighted by atomic mass is 10.1. The topological polar surface area (TPSA) is 113 Å². The SMILES string of the molecule is CC(C)C(C)N(C)C(=O)N[C@@H](CC(N)=O)C(=O)O. The number of hydrogen-bond acceptors (Lipinski definition) is 3. The Hall–Kier alpha value is -1.79. The van der Waals surface area contributed by atoms with E-state index in [4.69, 9.17) is 10.8 Å². The van der Waals surface area contributed by atoms with E-state index < -0.39 is 30.4 Å². The van der Waals surface area contributed by atoms with E-state index in [2.05, 4.69) is 5.32 Å². The van der Waals surface area contributed by atoms with E-state index in [0.29, 0.717) is 0 Å². The summed E-state index contributed by atoms with van der Waals surface area (Å²) in [4.78, 5) is 34.7. The highest BCUT2D eigenvalue weighted by molar-refractivity contribution is 5.87. The largest absolute Gasteiger partial charge is 0.480 e. The molecule has 0 aliphatic carbocycles. The zero-order valence-corrected chi connectivity index (χ0v) is 11.1. The van der Waals surface area contributed by atoms with Crippen molar-refractivity contribution in [2.75, 3.05) is 7.05 Å². The first-order chi connectivity index (χ1) is 8.16. The molecule has 7 heteroatoms. The van der Waals surface area contributed by atoms with Crippen LogP contribution in [0.4, 0.5) is 4.79 Å². The van der Waals surface area contributed by atoms with Gasteiger partial charge in [-0.15, -0.1) is 0 Å². The van der Waals surface area contributed by atoms with Crippen LogP contribution in [0.1, 0.15) is 27.2 Å². The Labute approximate surface area is 106 Å². The van der Waals surface area contributed by atoms with Crippen LogP contribution in [0.2, 0.25) is 0 Å². The number of carboxylic acids is 1. The maximum absolute atomic E-state index is 11.8. The Kier molecular flexibility index (Phi) is 6.15. The number of primary amides is 1. The van der Waals surface area contributed by atoms with E-state index in [-0.39, 0.29) is 12.0 Å². The standard InChI is InChI=1S/C11H21N3O4/c1-6(2)7(3)14(4)11(18)13-8(10(16)17)5-9(12)15/h6-8H,5H2,1-4H3,(H2,12,15)(H,13,18)(H,16,17)/t7?,8-/m0/s1. The molecular weight excluding hydrogens is 238 g/mol. The second kappa shape index (κ2) is 6.83. The van der Waals surface area contributed by atoms with Gasteiger partial charge in [-0.05, 0) is 12.8 Å². The predicted molar refractivity (Wildman–Crippen MR) is 65.8 cm³/mol. The van der Waals surface area contributed by atoms with Crippen LogP contribution in [0, 0.1) is 5.92 Å². The maximum atomic E-state index is 11.8. The third-order valence-corrected chi connectivity index (χ3v) is 2.90. The molecule has 0 heterocycles. The summed E-state index contributed by atoms with van der Waals surface area (Å²) in [7, 11) is 1.57. The van der Waals surface area contributed by atoms with Gasteiger partial charge in [0, 0.05) is 13.1 Å². The Morgan fingerprint density at radius 3 is 2.11 bits per heavy atom. The van der Waals surface area contributed by atoms with Gasteiger partial charge in [0.05, 0.1) is 6.42 Å². The number of urea groups is 1. The van der Waals surface area contributed by atoms with Crippen molar-refractivity contribution in [3.8, 4) is 0 Å². The van der Waals surface area contributed by atoms with Gasteiger partial charge in [-0.2, -0.15) is 0 Å². The summed E-state index contributed by atoms with van der Waals surface area (Å²) < 4.78 is 0. The summed E-state index contributed by atoms with van der Waals surface area (Å²) >= 11 is 0. The van der Waals surface area contributed by atoms with Gasteiger partial charge in [-0.3, -0.25) is 4.79 Å². The zero-order valence-electron chi connectivity index (χ0n) is 11.1. The number of nitrogens with zero attached hydrogens (tertiary/aromatic N) is 1. The molecule has 4 N–H and O–H groups in total. The fraction of sp³-hybridized carbons (Fsp3) is 0.727. The van der Waals surface area contributed by atoms with Gasteiger partial charge in [0.15, 0.2) is 0 Å². The van der Waals surface area contributed by atoms with Crippen molar-refractivity contribution in [3.63, 3.8) is 0 Å². The molecule has 0 spiro atoms. The number of amides is 3. The molecule has 0 fully saturated rings. The number of aliphatic carboxylic acids is 1. The Balaban J connectivity index is 4.60. The van der Waals surface area contributed by atoms with Gasteiger partial charge in [0.2, 0.25) is 5.91 Å². The molecule has 18 heavy (non-hydrogen) atoms. The summed E-state index contributed by atoms with van der Waals surface area (Å²) in [5, 5.41) is 11.1. The lowest BCUT2D eigenvalue weighted by molar-refractivity contribution is -0.141. The van der Waals surface area contributed by atoms with Gasteiger partial charge in [-0.25, -0.2) is 9.59 Å². The lowest BCUT2D eigenvalue weighted by Gasteiger charge is -2.29. The quantitative estimate of drug-likeness (QED) is 0.623. The molecule has 104 valence electrons. The summed E-state index contributed by atoms with van der Waals surface area (Å²) in [5.41, 5.74) is 4.92. The highest BCUT2D eigenvalue weighted by Crippen LogP contribution is 2.08. The van der Waals surface area contributed by atoms with E-state index in [9.17, 15) is 14.4 Å². The van der Waals surface area contributed by atoms with Crippen LogP contribution in [0.15, 0.2) is 0 Å². The summed E-state index contributed by atoms with van der Waals surface area (Å²) in [6.07, 6.45) is -0.426. The molecule has 0 bridgehead atoms. The van der Waals surface area contributed by atoms with Crippen LogP contribution < -0.4 is 11.1 Å². The molecule has 0 aromatic heterocycles. The highest BCUT2D eigenvalue weighted by Gasteiger charge is 2.25. The average molecular weight is 259 g/mol. The second-order valence-corrected chi connectivity index (χ2v) is 4.61. The minimum Gasteiger partial charge on any atom is -0.480 e. The molecule has 2 atom stereocenters. The zero-order chi connectivity index (χ0) is 14.5. The molecular formula is C11H21N3O4. The van der Waals surface area contributed by atoms with Crippen LogP contribution in [-0.2, 0) is 9.59 Å². The summed E-state index contributed by atoms with van der Waals surface area (Å²) in [6.45, 7) is 5.76. The van der Waals surface area contributed by atoms with Gasteiger partial charge in [0.25, 0.3) is 0 Å². The smallest absolute Gasteiger partial charge is 0.326 e. The number of rotatable bonds is 6. The first kappa shape index (κ1) is 16.2. The second-order valence-electron chi connectivity index (χ2n) is 4.61. The number of carboxylic acid groups (broad SMARTS) is 1. The fourth-order valence-corrected chi connectivity index (χ4v) is 1.28. The molecule has 1 unspecified atom stereocenters. The van der Waals surface area contributed by atoms with Crippen LogP contribution >= 0.6 is 0 Å². The average Bonchev–Trinajstić information content (AvgIpc) is 2.24. The first-order valence-corrected chi connectivity index (χ1v) is 5.71. The molecule has 0 saturated carbocycles. The third-order valence-electron chi connectivity index (χ3n) is 2.90. The Morgan fingerprint density at radius 2 is 1.78 bits per heavy atom. The number of carbonyl (C=O) groups is 3. The molecule has 0 radical (unpaired) electrons. The van der Waals surface area contributed by atoms with Crippen LogP contribution in [0.3, 0.4) is 0 Å². The van der Waals surface area contributed by atoms with Gasteiger partial charge < -0.3 is 21.1 Å². The van der Waals surface area contributed by atoms with Crippen molar-refractivity contribution >= 4 is 17.9 Å². The van der Waals surface area contributed by atoms with Crippen molar-refractivity contribution in [3.05, 3.63) is 0 Å². The maximum Gasteiger partial charge on any atom is 0.326 e. The number of nitrogens with two attached hydrogens (primary N) is 1. The normalized spacial score (nSPS) is 13.8. The third kappa shape index (κ3) is 5.03. The van der Waals surface area contributed by atoms with Crippen LogP contribution in [0.25, 0.3) is 0 Å². The Bertz CT molecular complexity index is 330. The molecule has 0 aliphatic rings. The van der Waals surface area contributed by atoms with Crippen LogP contribution in [0.5, 0.6) is 0 Å². The number of nitrogens with one attached hydrogen (secondary N) is 1. The molecule has 0 saturated heterocycles. The van der Waals surface area contributed by atoms with Gasteiger partial charge >= 0.3 is 12.0 Å². The van der Waals surface area contributed by atoms with Gasteiger partial charge in [-0.1, -0.05) is 13.8 Å². The summed E-state index contributed by atoms with van der Waals surface area (Å²) in [5.74, 6) is -1.82. The van der Waals surface area contributed by atoms with Crippen LogP contribution in [-0.4, -0.2) is 47.0 Å². The van der Waals surface area contributed by atoms with Crippen molar-refractivity contribution in [1.29, 1.82) is 0 Å². The molecule has 0 aromatic rings. The summed E-state index contributed by atoms with van der Waals surface area (Å²) in [6, 6.07) is -1.88. The van der Waals surface area contributed by atoms with E-state index >= 15 is 0 Å². The van der Waals surface area contributed by atoms with Crippen molar-refractivity contribution in [2.24, 2.45) is 11.7 Å². The van der Waals surface area contributed by atoms with E-state index in [1.165, 1.54) is 4.90 Å². The minimum atomic E-state index is -1.29. The number of hydrogen-bond donors (Lipinski definition) is 3. The van der Waals surface area contributed by atoms with E-state index in [1.807, 2.05) is 20.8 Å². The number of carbonyl (C=O) groups excluding carboxylic acids is 2. The monoisotopic (exact) mass is 259 g/mol.